The Morgan fingerprint density at radius 2 is 2.05 bits per heavy atom. The summed E-state index contributed by atoms with van der Waals surface area (Å²) in [6.45, 7) is 2.28. The third-order valence-corrected chi connectivity index (χ3v) is 3.71. The van der Waals surface area contributed by atoms with Gasteiger partial charge in [-0.1, -0.05) is 13.3 Å². The number of anilines is 1. The van der Waals surface area contributed by atoms with Crippen molar-refractivity contribution in [1.82, 2.24) is 9.88 Å². The first-order valence-electron chi connectivity index (χ1n) is 7.47. The molecule has 0 aromatic carbocycles. The van der Waals surface area contributed by atoms with Gasteiger partial charge in [-0.3, -0.25) is 4.90 Å². The van der Waals surface area contributed by atoms with Gasteiger partial charge in [0.1, 0.15) is 5.82 Å². The Morgan fingerprint density at radius 3 is 2.67 bits per heavy atom. The Labute approximate surface area is 123 Å². The molecule has 0 saturated carbocycles. The lowest BCUT2D eigenvalue weighted by atomic mass is 10.0. The summed E-state index contributed by atoms with van der Waals surface area (Å²) in [4.78, 5) is 5.76. The van der Waals surface area contributed by atoms with Gasteiger partial charge in [-0.05, 0) is 37.0 Å². The van der Waals surface area contributed by atoms with E-state index >= 15 is 0 Å². The number of halogens is 3. The highest BCUT2D eigenvalue weighted by Gasteiger charge is 2.32. The maximum Gasteiger partial charge on any atom is 0.401 e. The van der Waals surface area contributed by atoms with Crippen molar-refractivity contribution in [3.8, 4) is 0 Å². The van der Waals surface area contributed by atoms with E-state index in [9.17, 15) is 13.2 Å². The van der Waals surface area contributed by atoms with E-state index in [1.807, 2.05) is 12.1 Å². The van der Waals surface area contributed by atoms with Gasteiger partial charge in [-0.15, -0.1) is 0 Å². The lowest BCUT2D eigenvalue weighted by Crippen LogP contribution is -2.43. The van der Waals surface area contributed by atoms with Crippen molar-refractivity contribution in [2.45, 2.75) is 44.8 Å². The fourth-order valence-electron chi connectivity index (χ4n) is 2.70. The minimum absolute atomic E-state index is 0.207. The topological polar surface area (TPSA) is 28.2 Å². The molecule has 1 saturated heterocycles. The molecular formula is C15H22F3N3. The molecule has 0 bridgehead atoms. The van der Waals surface area contributed by atoms with Crippen LogP contribution in [0.3, 0.4) is 0 Å². The third kappa shape index (κ3) is 5.53. The van der Waals surface area contributed by atoms with E-state index in [-0.39, 0.29) is 6.04 Å². The van der Waals surface area contributed by atoms with Crippen LogP contribution in [0.4, 0.5) is 19.0 Å². The molecule has 0 atom stereocenters. The molecule has 1 aliphatic rings. The Kier molecular flexibility index (Phi) is 5.45. The zero-order valence-corrected chi connectivity index (χ0v) is 12.3. The van der Waals surface area contributed by atoms with Crippen LogP contribution in [0.1, 0.15) is 31.7 Å². The average molecular weight is 301 g/mol. The molecule has 21 heavy (non-hydrogen) atoms. The molecule has 1 aromatic heterocycles. The molecule has 1 aromatic rings. The summed E-state index contributed by atoms with van der Waals surface area (Å²) in [6.07, 6.45) is 1.22. The van der Waals surface area contributed by atoms with Crippen molar-refractivity contribution >= 4 is 5.82 Å². The molecule has 118 valence electrons. The van der Waals surface area contributed by atoms with Crippen LogP contribution in [0.25, 0.3) is 0 Å². The summed E-state index contributed by atoms with van der Waals surface area (Å²) in [5, 5.41) is 3.34. The predicted octanol–water partition coefficient (Wildman–Crippen LogP) is 3.47. The van der Waals surface area contributed by atoms with Gasteiger partial charge in [-0.25, -0.2) is 4.98 Å². The molecule has 6 heteroatoms. The molecule has 3 nitrogen and oxygen atoms in total. The Bertz CT molecular complexity index is 440. The van der Waals surface area contributed by atoms with Crippen LogP contribution in [0.2, 0.25) is 0 Å². The summed E-state index contributed by atoms with van der Waals surface area (Å²) >= 11 is 0. The van der Waals surface area contributed by atoms with Crippen molar-refractivity contribution < 1.29 is 13.2 Å². The SMILES string of the molecule is CCCc1ccnc(NC2CCN(CC(F)(F)F)CC2)c1. The number of hydrogen-bond donors (Lipinski definition) is 1. The number of hydrogen-bond acceptors (Lipinski definition) is 3. The Morgan fingerprint density at radius 1 is 1.33 bits per heavy atom. The van der Waals surface area contributed by atoms with Gasteiger partial charge in [0.2, 0.25) is 0 Å². The third-order valence-electron chi connectivity index (χ3n) is 3.71. The first-order chi connectivity index (χ1) is 9.96. The fraction of sp³-hybridized carbons (Fsp3) is 0.667. The molecule has 0 unspecified atom stereocenters. The van der Waals surface area contributed by atoms with Crippen LogP contribution in [0.5, 0.6) is 0 Å². The summed E-state index contributed by atoms with van der Waals surface area (Å²) in [6, 6.07) is 4.24. The molecular weight excluding hydrogens is 279 g/mol. The number of aromatic nitrogens is 1. The highest BCUT2D eigenvalue weighted by molar-refractivity contribution is 5.38. The summed E-state index contributed by atoms with van der Waals surface area (Å²) in [5.41, 5.74) is 1.24. The first-order valence-corrected chi connectivity index (χ1v) is 7.47. The Balaban J connectivity index is 1.82. The second-order valence-corrected chi connectivity index (χ2v) is 5.61. The smallest absolute Gasteiger partial charge is 0.367 e. The number of piperidine rings is 1. The average Bonchev–Trinajstić information content (AvgIpc) is 2.40. The quantitative estimate of drug-likeness (QED) is 0.902. The van der Waals surface area contributed by atoms with Crippen molar-refractivity contribution in [1.29, 1.82) is 0 Å². The fourth-order valence-corrected chi connectivity index (χ4v) is 2.70. The number of aryl methyl sites for hydroxylation is 1. The van der Waals surface area contributed by atoms with E-state index in [4.69, 9.17) is 0 Å². The van der Waals surface area contributed by atoms with E-state index in [2.05, 4.69) is 17.2 Å². The maximum atomic E-state index is 12.3. The highest BCUT2D eigenvalue weighted by atomic mass is 19.4. The molecule has 0 amide bonds. The second-order valence-electron chi connectivity index (χ2n) is 5.61. The highest BCUT2D eigenvalue weighted by Crippen LogP contribution is 2.21. The lowest BCUT2D eigenvalue weighted by molar-refractivity contribution is -0.147. The lowest BCUT2D eigenvalue weighted by Gasteiger charge is -2.32. The molecule has 2 heterocycles. The van der Waals surface area contributed by atoms with Crippen LogP contribution in [0, 0.1) is 0 Å². The monoisotopic (exact) mass is 301 g/mol. The molecule has 0 aliphatic carbocycles. The zero-order valence-electron chi connectivity index (χ0n) is 12.3. The molecule has 0 radical (unpaired) electrons. The largest absolute Gasteiger partial charge is 0.401 e. The van der Waals surface area contributed by atoms with Gasteiger partial charge in [0.25, 0.3) is 0 Å². The number of nitrogens with zero attached hydrogens (tertiary/aromatic N) is 2. The van der Waals surface area contributed by atoms with Crippen molar-refractivity contribution in [3.05, 3.63) is 23.9 Å². The summed E-state index contributed by atoms with van der Waals surface area (Å²) < 4.78 is 37.0. The molecule has 1 fully saturated rings. The van der Waals surface area contributed by atoms with Gasteiger partial charge in [0.05, 0.1) is 6.54 Å². The Hall–Kier alpha value is -1.30. The number of nitrogens with one attached hydrogen (secondary N) is 1. The standard InChI is InChI=1S/C15H22F3N3/c1-2-3-12-4-7-19-14(10-12)20-13-5-8-21(9-6-13)11-15(16,17)18/h4,7,10,13H,2-3,5-6,8-9,11H2,1H3,(H,19,20). The number of pyridine rings is 1. The molecule has 1 aliphatic heterocycles. The minimum Gasteiger partial charge on any atom is -0.367 e. The normalized spacial score (nSPS) is 17.9. The summed E-state index contributed by atoms with van der Waals surface area (Å²) in [5.74, 6) is 0.829. The number of likely N-dealkylation sites (tertiary alicyclic amines) is 1. The van der Waals surface area contributed by atoms with Gasteiger partial charge in [0.15, 0.2) is 0 Å². The molecule has 2 rings (SSSR count). The van der Waals surface area contributed by atoms with E-state index in [1.165, 1.54) is 10.5 Å². The number of rotatable bonds is 5. The zero-order chi connectivity index (χ0) is 15.3. The van der Waals surface area contributed by atoms with E-state index in [0.717, 1.165) is 31.5 Å². The van der Waals surface area contributed by atoms with Crippen LogP contribution >= 0.6 is 0 Å². The second kappa shape index (κ2) is 7.11. The van der Waals surface area contributed by atoms with Gasteiger partial charge in [0, 0.05) is 25.3 Å². The van der Waals surface area contributed by atoms with Crippen molar-refractivity contribution in [3.63, 3.8) is 0 Å². The van der Waals surface area contributed by atoms with Crippen LogP contribution in [-0.2, 0) is 6.42 Å². The van der Waals surface area contributed by atoms with Crippen molar-refractivity contribution in [2.24, 2.45) is 0 Å². The summed E-state index contributed by atoms with van der Waals surface area (Å²) in [7, 11) is 0. The minimum atomic E-state index is -4.10. The maximum absolute atomic E-state index is 12.3. The molecule has 1 N–H and O–H groups in total. The number of alkyl halides is 3. The van der Waals surface area contributed by atoms with Gasteiger partial charge >= 0.3 is 6.18 Å². The van der Waals surface area contributed by atoms with E-state index in [0.29, 0.717) is 13.1 Å². The predicted molar refractivity (Wildman–Crippen MR) is 77.4 cm³/mol. The van der Waals surface area contributed by atoms with E-state index < -0.39 is 12.7 Å². The molecule has 0 spiro atoms. The van der Waals surface area contributed by atoms with Gasteiger partial charge < -0.3 is 5.32 Å². The first kappa shape index (κ1) is 16.1. The van der Waals surface area contributed by atoms with Gasteiger partial charge in [-0.2, -0.15) is 13.2 Å². The van der Waals surface area contributed by atoms with Crippen LogP contribution < -0.4 is 5.32 Å². The van der Waals surface area contributed by atoms with E-state index in [1.54, 1.807) is 6.20 Å². The van der Waals surface area contributed by atoms with Crippen LogP contribution in [-0.4, -0.2) is 41.7 Å². The van der Waals surface area contributed by atoms with Crippen molar-refractivity contribution in [2.75, 3.05) is 25.0 Å². The van der Waals surface area contributed by atoms with Crippen LogP contribution in [0.15, 0.2) is 18.3 Å².